The van der Waals surface area contributed by atoms with Crippen LogP contribution in [0.4, 0.5) is 0 Å². The van der Waals surface area contributed by atoms with Gasteiger partial charge in [0.15, 0.2) is 0 Å². The van der Waals surface area contributed by atoms with E-state index in [0.29, 0.717) is 12.5 Å². The van der Waals surface area contributed by atoms with E-state index in [4.69, 9.17) is 0 Å². The molecule has 1 saturated carbocycles. The Morgan fingerprint density at radius 3 is 3.00 bits per heavy atom. The summed E-state index contributed by atoms with van der Waals surface area (Å²) in [5.74, 6) is 1.02. The molecule has 15 heavy (non-hydrogen) atoms. The lowest BCUT2D eigenvalue weighted by Crippen LogP contribution is -2.24. The number of rotatable bonds is 4. The average Bonchev–Trinajstić information content (AvgIpc) is 2.81. The van der Waals surface area contributed by atoms with E-state index in [9.17, 15) is 4.79 Å². The van der Waals surface area contributed by atoms with Crippen LogP contribution in [0.5, 0.6) is 0 Å². The second kappa shape index (κ2) is 4.31. The smallest absolute Gasteiger partial charge is 0.223 e. The van der Waals surface area contributed by atoms with E-state index < -0.39 is 0 Å². The van der Waals surface area contributed by atoms with Crippen molar-refractivity contribution in [1.82, 2.24) is 10.3 Å². The standard InChI is InChI=1S/C11H16N2OS/c1-3-10-13-8(6-15-10)5-12-11(14)9-4-7(9)2/h6-7,9H,3-5H2,1-2H3,(H,12,14)/t7-,9-/m1/s1. The van der Waals surface area contributed by atoms with Gasteiger partial charge in [-0.2, -0.15) is 0 Å². The second-order valence-corrected chi connectivity index (χ2v) is 5.07. The number of nitrogens with one attached hydrogen (secondary N) is 1. The third kappa shape index (κ3) is 2.56. The summed E-state index contributed by atoms with van der Waals surface area (Å²) >= 11 is 1.66. The van der Waals surface area contributed by atoms with Gasteiger partial charge in [-0.25, -0.2) is 4.98 Å². The maximum atomic E-state index is 11.5. The first-order valence-corrected chi connectivity index (χ1v) is 6.29. The first kappa shape index (κ1) is 10.6. The van der Waals surface area contributed by atoms with E-state index in [2.05, 4.69) is 24.1 Å². The number of thiazole rings is 1. The lowest BCUT2D eigenvalue weighted by molar-refractivity contribution is -0.122. The normalized spacial score (nSPS) is 23.9. The Kier molecular flexibility index (Phi) is 3.05. The zero-order valence-electron chi connectivity index (χ0n) is 9.12. The Bertz CT molecular complexity index is 361. The first-order valence-electron chi connectivity index (χ1n) is 5.41. The van der Waals surface area contributed by atoms with Crippen molar-refractivity contribution in [1.29, 1.82) is 0 Å². The van der Waals surface area contributed by atoms with Crippen LogP contribution in [0.15, 0.2) is 5.38 Å². The highest BCUT2D eigenvalue weighted by molar-refractivity contribution is 7.09. The number of amides is 1. The van der Waals surface area contributed by atoms with Crippen LogP contribution in [0.2, 0.25) is 0 Å². The van der Waals surface area contributed by atoms with Gasteiger partial charge >= 0.3 is 0 Å². The highest BCUT2D eigenvalue weighted by atomic mass is 32.1. The van der Waals surface area contributed by atoms with Crippen molar-refractivity contribution in [3.05, 3.63) is 16.1 Å². The number of hydrogen-bond acceptors (Lipinski definition) is 3. The minimum Gasteiger partial charge on any atom is -0.350 e. The molecule has 1 aliphatic rings. The van der Waals surface area contributed by atoms with Crippen molar-refractivity contribution in [3.63, 3.8) is 0 Å². The molecular formula is C11H16N2OS. The Morgan fingerprint density at radius 1 is 1.73 bits per heavy atom. The summed E-state index contributed by atoms with van der Waals surface area (Å²) in [6, 6.07) is 0. The molecule has 2 atom stereocenters. The van der Waals surface area contributed by atoms with Crippen molar-refractivity contribution >= 4 is 17.2 Å². The molecule has 0 saturated heterocycles. The summed E-state index contributed by atoms with van der Waals surface area (Å²) in [7, 11) is 0. The summed E-state index contributed by atoms with van der Waals surface area (Å²) in [6.45, 7) is 4.79. The predicted octanol–water partition coefficient (Wildman–Crippen LogP) is 1.98. The quantitative estimate of drug-likeness (QED) is 0.849. The fourth-order valence-corrected chi connectivity index (χ4v) is 2.33. The SMILES string of the molecule is CCc1nc(CNC(=O)[C@@H]2C[C@H]2C)cs1. The van der Waals surface area contributed by atoms with E-state index in [1.807, 2.05) is 5.38 Å². The second-order valence-electron chi connectivity index (χ2n) is 4.12. The first-order chi connectivity index (χ1) is 7.20. The molecule has 3 nitrogen and oxygen atoms in total. The summed E-state index contributed by atoms with van der Waals surface area (Å²) in [5, 5.41) is 6.10. The van der Waals surface area contributed by atoms with Crippen molar-refractivity contribution in [2.75, 3.05) is 0 Å². The molecule has 1 N–H and O–H groups in total. The topological polar surface area (TPSA) is 42.0 Å². The van der Waals surface area contributed by atoms with Gasteiger partial charge in [0.1, 0.15) is 0 Å². The molecule has 0 radical (unpaired) electrons. The molecular weight excluding hydrogens is 208 g/mol. The van der Waals surface area contributed by atoms with Crippen LogP contribution < -0.4 is 5.32 Å². The number of hydrogen-bond donors (Lipinski definition) is 1. The molecule has 0 spiro atoms. The minimum absolute atomic E-state index is 0.188. The van der Waals surface area contributed by atoms with E-state index in [1.54, 1.807) is 11.3 Å². The molecule has 2 rings (SSSR count). The maximum absolute atomic E-state index is 11.5. The van der Waals surface area contributed by atoms with Crippen molar-refractivity contribution in [2.24, 2.45) is 11.8 Å². The van der Waals surface area contributed by atoms with Gasteiger partial charge in [-0.05, 0) is 18.8 Å². The number of carbonyl (C=O) groups excluding carboxylic acids is 1. The Hall–Kier alpha value is -0.900. The highest BCUT2D eigenvalue weighted by Crippen LogP contribution is 2.37. The molecule has 1 aromatic rings. The molecule has 0 unspecified atom stereocenters. The van der Waals surface area contributed by atoms with Gasteiger partial charge in [0.2, 0.25) is 5.91 Å². The van der Waals surface area contributed by atoms with Gasteiger partial charge in [0.25, 0.3) is 0 Å². The van der Waals surface area contributed by atoms with Crippen molar-refractivity contribution in [3.8, 4) is 0 Å². The molecule has 4 heteroatoms. The van der Waals surface area contributed by atoms with E-state index >= 15 is 0 Å². The number of carbonyl (C=O) groups is 1. The number of nitrogens with zero attached hydrogens (tertiary/aromatic N) is 1. The zero-order chi connectivity index (χ0) is 10.8. The lowest BCUT2D eigenvalue weighted by atomic mass is 10.3. The van der Waals surface area contributed by atoms with Gasteiger partial charge in [0.05, 0.1) is 17.2 Å². The van der Waals surface area contributed by atoms with Gasteiger partial charge in [-0.15, -0.1) is 11.3 Å². The van der Waals surface area contributed by atoms with Gasteiger partial charge in [0, 0.05) is 11.3 Å². The van der Waals surface area contributed by atoms with E-state index in [0.717, 1.165) is 23.5 Å². The third-order valence-corrected chi connectivity index (χ3v) is 3.83. The Labute approximate surface area is 93.9 Å². The Morgan fingerprint density at radius 2 is 2.47 bits per heavy atom. The van der Waals surface area contributed by atoms with Crippen LogP contribution >= 0.6 is 11.3 Å². The van der Waals surface area contributed by atoms with Crippen LogP contribution in [0.3, 0.4) is 0 Å². The average molecular weight is 224 g/mol. The minimum atomic E-state index is 0.188. The van der Waals surface area contributed by atoms with Gasteiger partial charge in [-0.3, -0.25) is 4.79 Å². The largest absolute Gasteiger partial charge is 0.350 e. The van der Waals surface area contributed by atoms with Gasteiger partial charge < -0.3 is 5.32 Å². The van der Waals surface area contributed by atoms with E-state index in [-0.39, 0.29) is 11.8 Å². The number of aryl methyl sites for hydroxylation is 1. The molecule has 1 heterocycles. The molecule has 1 aliphatic carbocycles. The summed E-state index contributed by atoms with van der Waals surface area (Å²) in [4.78, 5) is 15.9. The monoisotopic (exact) mass is 224 g/mol. The molecule has 1 aromatic heterocycles. The molecule has 82 valence electrons. The molecule has 0 aliphatic heterocycles. The van der Waals surface area contributed by atoms with Crippen LogP contribution in [0.25, 0.3) is 0 Å². The van der Waals surface area contributed by atoms with Crippen LogP contribution in [-0.2, 0) is 17.8 Å². The summed E-state index contributed by atoms with van der Waals surface area (Å²) < 4.78 is 0. The fraction of sp³-hybridized carbons (Fsp3) is 0.636. The predicted molar refractivity (Wildman–Crippen MR) is 60.6 cm³/mol. The molecule has 0 bridgehead atoms. The van der Waals surface area contributed by atoms with Crippen LogP contribution in [0.1, 0.15) is 31.0 Å². The third-order valence-electron chi connectivity index (χ3n) is 2.79. The fourth-order valence-electron chi connectivity index (χ4n) is 1.59. The lowest BCUT2D eigenvalue weighted by Gasteiger charge is -2.01. The molecule has 0 aromatic carbocycles. The molecule has 1 amide bonds. The molecule has 1 fully saturated rings. The van der Waals surface area contributed by atoms with Crippen molar-refractivity contribution < 1.29 is 4.79 Å². The zero-order valence-corrected chi connectivity index (χ0v) is 9.93. The maximum Gasteiger partial charge on any atom is 0.223 e. The van der Waals surface area contributed by atoms with Crippen LogP contribution in [0, 0.1) is 11.8 Å². The number of aromatic nitrogens is 1. The summed E-state index contributed by atoms with van der Waals surface area (Å²) in [6.07, 6.45) is 2.02. The van der Waals surface area contributed by atoms with E-state index in [1.165, 1.54) is 0 Å². The van der Waals surface area contributed by atoms with Gasteiger partial charge in [-0.1, -0.05) is 13.8 Å². The highest BCUT2D eigenvalue weighted by Gasteiger charge is 2.38. The van der Waals surface area contributed by atoms with Crippen molar-refractivity contribution in [2.45, 2.75) is 33.2 Å². The summed E-state index contributed by atoms with van der Waals surface area (Å²) in [5.41, 5.74) is 0.985. The van der Waals surface area contributed by atoms with Crippen LogP contribution in [-0.4, -0.2) is 10.9 Å². The Balaban J connectivity index is 1.80.